The van der Waals surface area contributed by atoms with E-state index in [4.69, 9.17) is 0 Å². The van der Waals surface area contributed by atoms with Crippen LogP contribution >= 0.6 is 0 Å². The molecule has 2 aromatic rings. The van der Waals surface area contributed by atoms with Crippen LogP contribution in [0.4, 0.5) is 15.8 Å². The summed E-state index contributed by atoms with van der Waals surface area (Å²) in [6.45, 7) is 1.45. The number of nitro benzene ring substituents is 1. The average molecular weight is 415 g/mol. The minimum atomic E-state index is -0.895. The van der Waals surface area contributed by atoms with E-state index < -0.39 is 22.8 Å². The maximum atomic E-state index is 13.7. The number of methoxy groups -OCH3 is 1. The van der Waals surface area contributed by atoms with E-state index in [9.17, 15) is 24.1 Å². The molecule has 1 amide bonds. The lowest BCUT2D eigenvalue weighted by Gasteiger charge is -2.27. The van der Waals surface area contributed by atoms with Gasteiger partial charge in [-0.2, -0.15) is 0 Å². The summed E-state index contributed by atoms with van der Waals surface area (Å²) in [6, 6.07) is 7.46. The number of ether oxygens (including phenoxy) is 1. The number of nitrogens with one attached hydrogen (secondary N) is 2. The molecule has 0 bridgehead atoms. The largest absolute Gasteiger partial charge is 0.467 e. The second kappa shape index (κ2) is 8.89. The van der Waals surface area contributed by atoms with Gasteiger partial charge in [-0.3, -0.25) is 14.9 Å². The minimum absolute atomic E-state index is 0.0399. The fourth-order valence-corrected chi connectivity index (χ4v) is 3.57. The van der Waals surface area contributed by atoms with E-state index in [1.54, 1.807) is 6.07 Å². The van der Waals surface area contributed by atoms with Gasteiger partial charge in [0, 0.05) is 11.6 Å². The van der Waals surface area contributed by atoms with Crippen molar-refractivity contribution in [3.05, 3.63) is 69.0 Å². The number of nitrogens with zero attached hydrogens (tertiary/aromatic N) is 1. The first-order chi connectivity index (χ1) is 14.3. The van der Waals surface area contributed by atoms with E-state index in [0.717, 1.165) is 30.0 Å². The van der Waals surface area contributed by atoms with E-state index in [2.05, 4.69) is 15.4 Å². The molecule has 2 N–H and O–H groups in total. The topological polar surface area (TPSA) is 111 Å². The highest BCUT2D eigenvalue weighted by Gasteiger charge is 2.25. The van der Waals surface area contributed by atoms with Crippen LogP contribution in [-0.4, -0.2) is 30.0 Å². The second-order valence-electron chi connectivity index (χ2n) is 7.14. The van der Waals surface area contributed by atoms with Crippen LogP contribution in [0.1, 0.15) is 47.3 Å². The molecule has 158 valence electrons. The Morgan fingerprint density at radius 1 is 1.27 bits per heavy atom. The first-order valence-electron chi connectivity index (χ1n) is 9.52. The van der Waals surface area contributed by atoms with Crippen LogP contribution < -0.4 is 10.6 Å². The third kappa shape index (κ3) is 4.56. The van der Waals surface area contributed by atoms with Crippen molar-refractivity contribution < 1.29 is 23.6 Å². The number of benzene rings is 2. The quantitative estimate of drug-likeness (QED) is 0.424. The van der Waals surface area contributed by atoms with Crippen molar-refractivity contribution in [2.45, 2.75) is 38.3 Å². The SMILES string of the molecule is COC(=O)C(C)NC(=O)c1ccc(NC2CCCc3ccc(F)cc32)c([N+](=O)[O-])c1. The number of aryl methyl sites for hydroxylation is 1. The maximum absolute atomic E-state index is 13.7. The molecule has 8 nitrogen and oxygen atoms in total. The highest BCUT2D eigenvalue weighted by molar-refractivity contribution is 5.98. The van der Waals surface area contributed by atoms with Gasteiger partial charge in [-0.1, -0.05) is 6.07 Å². The fourth-order valence-electron chi connectivity index (χ4n) is 3.57. The minimum Gasteiger partial charge on any atom is -0.467 e. The molecule has 0 spiro atoms. The van der Waals surface area contributed by atoms with Crippen LogP contribution in [0.2, 0.25) is 0 Å². The number of hydrogen-bond donors (Lipinski definition) is 2. The third-order valence-electron chi connectivity index (χ3n) is 5.11. The number of fused-ring (bicyclic) bond motifs is 1. The highest BCUT2D eigenvalue weighted by atomic mass is 19.1. The van der Waals surface area contributed by atoms with Gasteiger partial charge in [0.15, 0.2) is 0 Å². The monoisotopic (exact) mass is 415 g/mol. The zero-order valence-corrected chi connectivity index (χ0v) is 16.6. The number of hydrogen-bond acceptors (Lipinski definition) is 6. The summed E-state index contributed by atoms with van der Waals surface area (Å²) in [6.07, 6.45) is 2.40. The molecular weight excluding hydrogens is 393 g/mol. The number of amides is 1. The van der Waals surface area contributed by atoms with Gasteiger partial charge in [-0.25, -0.2) is 9.18 Å². The first-order valence-corrected chi connectivity index (χ1v) is 9.52. The summed E-state index contributed by atoms with van der Waals surface area (Å²) in [4.78, 5) is 34.9. The van der Waals surface area contributed by atoms with Crippen molar-refractivity contribution in [1.29, 1.82) is 0 Å². The highest BCUT2D eigenvalue weighted by Crippen LogP contribution is 2.36. The molecule has 3 rings (SSSR count). The molecule has 0 radical (unpaired) electrons. The zero-order chi connectivity index (χ0) is 21.8. The normalized spacial score (nSPS) is 16.2. The lowest BCUT2D eigenvalue weighted by molar-refractivity contribution is -0.384. The Hall–Kier alpha value is -3.49. The van der Waals surface area contributed by atoms with Crippen LogP contribution in [0.3, 0.4) is 0 Å². The molecule has 2 unspecified atom stereocenters. The van der Waals surface area contributed by atoms with Gasteiger partial charge in [0.2, 0.25) is 0 Å². The summed E-state index contributed by atoms with van der Waals surface area (Å²) in [5.74, 6) is -1.62. The molecule has 30 heavy (non-hydrogen) atoms. The number of carbonyl (C=O) groups excluding carboxylic acids is 2. The molecule has 1 aliphatic rings. The average Bonchev–Trinajstić information content (AvgIpc) is 2.73. The van der Waals surface area contributed by atoms with E-state index in [1.165, 1.54) is 38.3 Å². The summed E-state index contributed by atoms with van der Waals surface area (Å²) in [5.41, 5.74) is 1.79. The third-order valence-corrected chi connectivity index (χ3v) is 5.11. The molecule has 0 saturated heterocycles. The fraction of sp³-hybridized carbons (Fsp3) is 0.333. The van der Waals surface area contributed by atoms with Gasteiger partial charge in [-0.15, -0.1) is 0 Å². The molecule has 0 aliphatic heterocycles. The Morgan fingerprint density at radius 2 is 2.03 bits per heavy atom. The number of rotatable bonds is 6. The molecule has 0 aromatic heterocycles. The van der Waals surface area contributed by atoms with Gasteiger partial charge in [0.25, 0.3) is 11.6 Å². The lowest BCUT2D eigenvalue weighted by Crippen LogP contribution is -2.39. The molecule has 0 saturated carbocycles. The van der Waals surface area contributed by atoms with Crippen LogP contribution in [0, 0.1) is 15.9 Å². The number of esters is 1. The van der Waals surface area contributed by atoms with Crippen molar-refractivity contribution in [3.63, 3.8) is 0 Å². The molecule has 0 fully saturated rings. The summed E-state index contributed by atoms with van der Waals surface area (Å²) < 4.78 is 18.3. The van der Waals surface area contributed by atoms with Crippen molar-refractivity contribution in [2.75, 3.05) is 12.4 Å². The zero-order valence-electron chi connectivity index (χ0n) is 16.6. The van der Waals surface area contributed by atoms with Crippen molar-refractivity contribution >= 4 is 23.3 Å². The maximum Gasteiger partial charge on any atom is 0.328 e. The van der Waals surface area contributed by atoms with E-state index in [1.807, 2.05) is 0 Å². The molecule has 2 aromatic carbocycles. The lowest BCUT2D eigenvalue weighted by atomic mass is 9.87. The molecular formula is C21H22FN3O5. The van der Waals surface area contributed by atoms with Crippen LogP contribution in [0.25, 0.3) is 0 Å². The summed E-state index contributed by atoms with van der Waals surface area (Å²) >= 11 is 0. The number of anilines is 1. The molecule has 0 heterocycles. The van der Waals surface area contributed by atoms with E-state index >= 15 is 0 Å². The Bertz CT molecular complexity index is 995. The number of carbonyl (C=O) groups is 2. The van der Waals surface area contributed by atoms with Gasteiger partial charge >= 0.3 is 5.97 Å². The second-order valence-corrected chi connectivity index (χ2v) is 7.14. The standard InChI is InChI=1S/C21H22FN3O5/c1-12(21(27)30-2)23-20(26)14-7-9-18(19(10-14)25(28)29)24-17-5-3-4-13-6-8-15(22)11-16(13)17/h6-12,17,24H,3-5H2,1-2H3,(H,23,26). The van der Waals surface area contributed by atoms with Crippen LogP contribution in [-0.2, 0) is 16.0 Å². The first kappa shape index (κ1) is 21.2. The van der Waals surface area contributed by atoms with E-state index in [-0.39, 0.29) is 28.8 Å². The summed E-state index contributed by atoms with van der Waals surface area (Å²) in [7, 11) is 1.20. The van der Waals surface area contributed by atoms with Gasteiger partial charge in [0.05, 0.1) is 18.1 Å². The summed E-state index contributed by atoms with van der Waals surface area (Å²) in [5, 5.41) is 17.2. The van der Waals surface area contributed by atoms with E-state index in [0.29, 0.717) is 6.42 Å². The molecule has 9 heteroatoms. The van der Waals surface area contributed by atoms with Gasteiger partial charge in [-0.05, 0) is 61.6 Å². The predicted molar refractivity (Wildman–Crippen MR) is 108 cm³/mol. The number of halogens is 1. The molecule has 1 aliphatic carbocycles. The Labute approximate surface area is 172 Å². The van der Waals surface area contributed by atoms with Gasteiger partial charge in [0.1, 0.15) is 17.5 Å². The Balaban J connectivity index is 1.85. The predicted octanol–water partition coefficient (Wildman–Crippen LogP) is 3.51. The smallest absolute Gasteiger partial charge is 0.328 e. The van der Waals surface area contributed by atoms with Crippen molar-refractivity contribution in [1.82, 2.24) is 5.32 Å². The van der Waals surface area contributed by atoms with Crippen LogP contribution in [0.15, 0.2) is 36.4 Å². The molecule has 2 atom stereocenters. The van der Waals surface area contributed by atoms with Crippen molar-refractivity contribution in [2.24, 2.45) is 0 Å². The number of nitro groups is 1. The Morgan fingerprint density at radius 3 is 2.73 bits per heavy atom. The van der Waals surface area contributed by atoms with Gasteiger partial charge < -0.3 is 15.4 Å². The van der Waals surface area contributed by atoms with Crippen molar-refractivity contribution in [3.8, 4) is 0 Å². The van der Waals surface area contributed by atoms with Crippen LogP contribution in [0.5, 0.6) is 0 Å². The Kier molecular flexibility index (Phi) is 6.29.